The van der Waals surface area contributed by atoms with Crippen LogP contribution in [0.4, 0.5) is 5.82 Å². The molecule has 1 fully saturated rings. The summed E-state index contributed by atoms with van der Waals surface area (Å²) in [6, 6.07) is 7.69. The van der Waals surface area contributed by atoms with E-state index in [1.165, 1.54) is 0 Å². The largest absolute Gasteiger partial charge is 0.507 e. The number of piperazine rings is 1. The lowest BCUT2D eigenvalue weighted by molar-refractivity contribution is 0.0950. The van der Waals surface area contributed by atoms with Gasteiger partial charge in [0.05, 0.1) is 0 Å². The molecule has 3 rings (SSSR count). The fourth-order valence-electron chi connectivity index (χ4n) is 3.94. The van der Waals surface area contributed by atoms with Crippen LogP contribution in [0, 0.1) is 0 Å². The van der Waals surface area contributed by atoms with Gasteiger partial charge < -0.3 is 20.2 Å². The first-order valence-corrected chi connectivity index (χ1v) is 11.4. The smallest absolute Gasteiger partial charge is 0.251 e. The molecule has 1 amide bonds. The Bertz CT molecular complexity index is 912. The normalized spacial score (nSPS) is 15.7. The van der Waals surface area contributed by atoms with Crippen LogP contribution in [-0.4, -0.2) is 54.1 Å². The van der Waals surface area contributed by atoms with Gasteiger partial charge in [-0.25, -0.2) is 4.98 Å². The minimum absolute atomic E-state index is 0.149. The molecule has 0 saturated carbocycles. The lowest BCUT2D eigenvalue weighted by atomic mass is 9.78. The van der Waals surface area contributed by atoms with Gasteiger partial charge in [0, 0.05) is 55.6 Å². The van der Waals surface area contributed by atoms with Crippen molar-refractivity contribution in [3.63, 3.8) is 0 Å². The average Bonchev–Trinajstić information content (AvgIpc) is 2.71. The Morgan fingerprint density at radius 2 is 1.56 bits per heavy atom. The van der Waals surface area contributed by atoms with Gasteiger partial charge in [-0.1, -0.05) is 47.6 Å². The van der Waals surface area contributed by atoms with Crippen molar-refractivity contribution in [3.8, 4) is 5.75 Å². The van der Waals surface area contributed by atoms with Gasteiger partial charge in [0.25, 0.3) is 5.91 Å². The van der Waals surface area contributed by atoms with E-state index in [4.69, 9.17) is 0 Å². The Labute approximate surface area is 192 Å². The number of nitrogens with one attached hydrogen (secondary N) is 1. The summed E-state index contributed by atoms with van der Waals surface area (Å²) in [5, 5.41) is 13.9. The second kappa shape index (κ2) is 9.10. The van der Waals surface area contributed by atoms with E-state index in [0.29, 0.717) is 12.1 Å². The van der Waals surface area contributed by atoms with E-state index in [2.05, 4.69) is 27.1 Å². The summed E-state index contributed by atoms with van der Waals surface area (Å²) in [5.41, 5.74) is 2.55. The summed E-state index contributed by atoms with van der Waals surface area (Å²) < 4.78 is 0. The zero-order valence-corrected chi connectivity index (χ0v) is 20.6. The van der Waals surface area contributed by atoms with Gasteiger partial charge in [0.15, 0.2) is 0 Å². The van der Waals surface area contributed by atoms with E-state index in [-0.39, 0.29) is 22.5 Å². The maximum absolute atomic E-state index is 13.0. The van der Waals surface area contributed by atoms with Crippen molar-refractivity contribution >= 4 is 11.7 Å². The molecule has 1 saturated heterocycles. The first kappa shape index (κ1) is 24.1. The van der Waals surface area contributed by atoms with Gasteiger partial charge in [-0.05, 0) is 41.6 Å². The number of amides is 1. The molecule has 1 aromatic carbocycles. The number of carbonyl (C=O) groups excluding carboxylic acids is 1. The molecule has 0 bridgehead atoms. The van der Waals surface area contributed by atoms with E-state index < -0.39 is 0 Å². The maximum Gasteiger partial charge on any atom is 0.251 e. The summed E-state index contributed by atoms with van der Waals surface area (Å²) in [7, 11) is 2.14. The Morgan fingerprint density at radius 3 is 2.03 bits per heavy atom. The van der Waals surface area contributed by atoms with Gasteiger partial charge in [0.1, 0.15) is 11.6 Å². The maximum atomic E-state index is 13.0. The molecule has 6 heteroatoms. The monoisotopic (exact) mass is 438 g/mol. The summed E-state index contributed by atoms with van der Waals surface area (Å²) in [4.78, 5) is 22.2. The number of likely N-dealkylation sites (N-methyl/N-ethyl adjacent to an activating group) is 1. The highest BCUT2D eigenvalue weighted by Gasteiger charge is 2.27. The first-order valence-electron chi connectivity index (χ1n) is 11.4. The van der Waals surface area contributed by atoms with E-state index in [0.717, 1.165) is 48.7 Å². The number of benzene rings is 1. The van der Waals surface area contributed by atoms with Gasteiger partial charge in [-0.2, -0.15) is 0 Å². The summed E-state index contributed by atoms with van der Waals surface area (Å²) in [6.45, 7) is 16.7. The van der Waals surface area contributed by atoms with Crippen LogP contribution in [0.2, 0.25) is 0 Å². The van der Waals surface area contributed by atoms with Crippen LogP contribution in [0.1, 0.15) is 68.6 Å². The number of hydrogen-bond donors (Lipinski definition) is 2. The number of phenols is 1. The standard InChI is InChI=1S/C26H38N4O2/c1-25(2,3)20-14-19(15-21(23(20)31)26(4,5)6)24(32)28-17-18-8-9-22(27-16-18)30-12-10-29(7)11-13-30/h8-9,14-16,31H,10-13,17H2,1-7H3,(H,28,32). The van der Waals surface area contributed by atoms with Crippen LogP contribution >= 0.6 is 0 Å². The van der Waals surface area contributed by atoms with Crippen molar-refractivity contribution in [1.82, 2.24) is 15.2 Å². The number of hydrogen-bond acceptors (Lipinski definition) is 5. The zero-order chi connectivity index (χ0) is 23.7. The van der Waals surface area contributed by atoms with Crippen molar-refractivity contribution in [2.75, 3.05) is 38.1 Å². The number of aromatic hydroxyl groups is 1. The lowest BCUT2D eigenvalue weighted by Gasteiger charge is -2.33. The fraction of sp³-hybridized carbons (Fsp3) is 0.538. The van der Waals surface area contributed by atoms with Crippen molar-refractivity contribution in [3.05, 3.63) is 52.7 Å². The number of rotatable bonds is 4. The molecule has 0 atom stereocenters. The molecule has 1 aliphatic rings. The van der Waals surface area contributed by atoms with Gasteiger partial charge in [-0.15, -0.1) is 0 Å². The number of carbonyl (C=O) groups is 1. The molecule has 2 heterocycles. The number of aromatic nitrogens is 1. The number of nitrogens with zero attached hydrogens (tertiary/aromatic N) is 3. The van der Waals surface area contributed by atoms with Crippen LogP contribution in [-0.2, 0) is 17.4 Å². The highest BCUT2D eigenvalue weighted by atomic mass is 16.3. The lowest BCUT2D eigenvalue weighted by Crippen LogP contribution is -2.44. The van der Waals surface area contributed by atoms with Crippen LogP contribution in [0.25, 0.3) is 0 Å². The van der Waals surface area contributed by atoms with Crippen LogP contribution in [0.15, 0.2) is 30.5 Å². The molecule has 32 heavy (non-hydrogen) atoms. The number of anilines is 1. The molecule has 2 N–H and O–H groups in total. The summed E-state index contributed by atoms with van der Waals surface area (Å²) in [5.74, 6) is 1.12. The fourth-order valence-corrected chi connectivity index (χ4v) is 3.94. The molecule has 1 aliphatic heterocycles. The highest BCUT2D eigenvalue weighted by Crippen LogP contribution is 2.39. The predicted octanol–water partition coefficient (Wildman–Crippen LogP) is 4.06. The quantitative estimate of drug-likeness (QED) is 0.753. The van der Waals surface area contributed by atoms with Crippen molar-refractivity contribution in [2.45, 2.75) is 58.9 Å². The molecule has 0 aliphatic carbocycles. The second-order valence-corrected chi connectivity index (χ2v) is 10.9. The minimum atomic E-state index is -0.274. The predicted molar refractivity (Wildman–Crippen MR) is 131 cm³/mol. The Morgan fingerprint density at radius 1 is 1.00 bits per heavy atom. The Kier molecular flexibility index (Phi) is 6.84. The number of pyridine rings is 1. The molecule has 174 valence electrons. The topological polar surface area (TPSA) is 68.7 Å². The van der Waals surface area contributed by atoms with E-state index in [1.807, 2.05) is 72.0 Å². The molecule has 0 radical (unpaired) electrons. The van der Waals surface area contributed by atoms with E-state index in [1.54, 1.807) is 0 Å². The van der Waals surface area contributed by atoms with Gasteiger partial charge in [0.2, 0.25) is 0 Å². The van der Waals surface area contributed by atoms with E-state index >= 15 is 0 Å². The van der Waals surface area contributed by atoms with Crippen LogP contribution in [0.5, 0.6) is 5.75 Å². The van der Waals surface area contributed by atoms with Gasteiger partial charge in [-0.3, -0.25) is 4.79 Å². The Balaban J connectivity index is 1.73. The van der Waals surface area contributed by atoms with Crippen LogP contribution < -0.4 is 10.2 Å². The average molecular weight is 439 g/mol. The third-order valence-electron chi connectivity index (χ3n) is 6.08. The molecule has 2 aromatic rings. The first-order chi connectivity index (χ1) is 14.9. The van der Waals surface area contributed by atoms with E-state index in [9.17, 15) is 9.90 Å². The molecular weight excluding hydrogens is 400 g/mol. The van der Waals surface area contributed by atoms with Crippen molar-refractivity contribution in [1.29, 1.82) is 0 Å². The molecule has 0 spiro atoms. The highest BCUT2D eigenvalue weighted by molar-refractivity contribution is 5.95. The third-order valence-corrected chi connectivity index (χ3v) is 6.08. The number of phenolic OH excluding ortho intramolecular Hbond substituents is 1. The van der Waals surface area contributed by atoms with Gasteiger partial charge >= 0.3 is 0 Å². The summed E-state index contributed by atoms with van der Waals surface area (Å²) in [6.07, 6.45) is 1.84. The molecule has 6 nitrogen and oxygen atoms in total. The van der Waals surface area contributed by atoms with Crippen molar-refractivity contribution in [2.24, 2.45) is 0 Å². The van der Waals surface area contributed by atoms with Crippen molar-refractivity contribution < 1.29 is 9.90 Å². The van der Waals surface area contributed by atoms with Crippen LogP contribution in [0.3, 0.4) is 0 Å². The zero-order valence-electron chi connectivity index (χ0n) is 20.6. The third kappa shape index (κ3) is 5.60. The molecular formula is C26H38N4O2. The minimum Gasteiger partial charge on any atom is -0.507 e. The summed E-state index contributed by atoms with van der Waals surface area (Å²) >= 11 is 0. The second-order valence-electron chi connectivity index (χ2n) is 10.9. The molecule has 0 unspecified atom stereocenters. The Hall–Kier alpha value is -2.60. The SMILES string of the molecule is CN1CCN(c2ccc(CNC(=O)c3cc(C(C)(C)C)c(O)c(C(C)(C)C)c3)cn2)CC1. The molecule has 1 aromatic heterocycles.